The Morgan fingerprint density at radius 1 is 0.633 bits per heavy atom. The van der Waals surface area contributed by atoms with E-state index in [-0.39, 0.29) is 19.4 Å². The molecule has 0 aromatic carbocycles. The molecule has 6 nitrogen and oxygen atoms in total. The van der Waals surface area contributed by atoms with Crippen LogP contribution in [0.25, 0.3) is 0 Å². The second kappa shape index (κ2) is 11.0. The van der Waals surface area contributed by atoms with Gasteiger partial charge in [-0.3, -0.25) is 0 Å². The zero-order chi connectivity index (χ0) is 23.6. The van der Waals surface area contributed by atoms with Gasteiger partial charge in [0, 0.05) is 0 Å². The van der Waals surface area contributed by atoms with Crippen molar-refractivity contribution >= 4 is 11.9 Å². The highest BCUT2D eigenvalue weighted by atomic mass is 19.4. The van der Waals surface area contributed by atoms with Gasteiger partial charge in [0.1, 0.15) is 13.2 Å². The zero-order valence-electron chi connectivity index (χ0n) is 15.3. The number of halogens is 8. The summed E-state index contributed by atoms with van der Waals surface area (Å²) in [7, 11) is 0. The van der Waals surface area contributed by atoms with Crippen LogP contribution in [-0.2, 0) is 28.5 Å². The Morgan fingerprint density at radius 3 is 1.43 bits per heavy atom. The van der Waals surface area contributed by atoms with E-state index in [9.17, 15) is 44.7 Å². The second-order valence-electron chi connectivity index (χ2n) is 5.35. The molecule has 0 aliphatic carbocycles. The smallest absolute Gasteiger partial charge is 0.411 e. The topological polar surface area (TPSA) is 71.1 Å². The lowest BCUT2D eigenvalue weighted by atomic mass is 9.98. The number of hydrogen-bond donors (Lipinski definition) is 0. The Hall–Kier alpha value is -2.54. The summed E-state index contributed by atoms with van der Waals surface area (Å²) in [5.41, 5.74) is 0. The van der Waals surface area contributed by atoms with Crippen LogP contribution in [0.4, 0.5) is 35.1 Å². The number of unbranched alkanes of at least 4 members (excludes halogenated alkanes) is 1. The molecule has 0 N–H and O–H groups in total. The maximum atomic E-state index is 13.6. The van der Waals surface area contributed by atoms with Gasteiger partial charge in [-0.25, -0.2) is 9.59 Å². The van der Waals surface area contributed by atoms with Gasteiger partial charge in [-0.2, -0.15) is 35.1 Å². The van der Waals surface area contributed by atoms with E-state index < -0.39 is 55.4 Å². The van der Waals surface area contributed by atoms with Crippen molar-refractivity contribution in [2.75, 3.05) is 26.4 Å². The molecule has 0 rings (SSSR count). The highest BCUT2D eigenvalue weighted by Gasteiger charge is 2.85. The summed E-state index contributed by atoms with van der Waals surface area (Å²) in [5, 5.41) is 0. The number of rotatable bonds is 15. The van der Waals surface area contributed by atoms with Crippen molar-refractivity contribution in [3.8, 4) is 0 Å². The second-order valence-corrected chi connectivity index (χ2v) is 5.35. The number of hydrogen-bond acceptors (Lipinski definition) is 6. The van der Waals surface area contributed by atoms with Crippen molar-refractivity contribution in [3.05, 3.63) is 25.7 Å². The van der Waals surface area contributed by atoms with E-state index >= 15 is 0 Å². The molecule has 0 fully saturated rings. The molecule has 0 saturated carbocycles. The molecular formula is C16H18F8O6. The summed E-state index contributed by atoms with van der Waals surface area (Å²) in [4.78, 5) is 22.2. The molecule has 0 aliphatic rings. The molecule has 30 heavy (non-hydrogen) atoms. The molecule has 0 heterocycles. The first-order chi connectivity index (χ1) is 13.7. The van der Waals surface area contributed by atoms with E-state index in [4.69, 9.17) is 0 Å². The van der Waals surface area contributed by atoms with Crippen molar-refractivity contribution in [2.45, 2.75) is 36.5 Å². The molecule has 0 aromatic heterocycles. The Bertz CT molecular complexity index is 609. The third kappa shape index (κ3) is 5.98. The Balaban J connectivity index is 5.26. The first-order valence-electron chi connectivity index (χ1n) is 8.02. The number of carbonyl (C=O) groups is 2. The van der Waals surface area contributed by atoms with Gasteiger partial charge in [0.25, 0.3) is 0 Å². The minimum absolute atomic E-state index is 0.00214. The fourth-order valence-electron chi connectivity index (χ4n) is 1.63. The van der Waals surface area contributed by atoms with Gasteiger partial charge in [0.15, 0.2) is 0 Å². The summed E-state index contributed by atoms with van der Waals surface area (Å²) in [6.07, 6.45) is 1.66. The third-order valence-corrected chi connectivity index (χ3v) is 3.26. The lowest BCUT2D eigenvalue weighted by Crippen LogP contribution is -2.66. The molecule has 0 atom stereocenters. The maximum absolute atomic E-state index is 13.6. The number of esters is 2. The summed E-state index contributed by atoms with van der Waals surface area (Å²) in [6.45, 7) is 3.51. The molecule has 0 saturated heterocycles. The zero-order valence-corrected chi connectivity index (χ0v) is 15.3. The molecule has 174 valence electrons. The van der Waals surface area contributed by atoms with Crippen molar-refractivity contribution in [2.24, 2.45) is 0 Å². The van der Waals surface area contributed by atoms with E-state index in [0.29, 0.717) is 0 Å². The average Bonchev–Trinajstić information content (AvgIpc) is 2.66. The van der Waals surface area contributed by atoms with Gasteiger partial charge in [-0.15, -0.1) is 0 Å². The molecule has 0 unspecified atom stereocenters. The predicted octanol–water partition coefficient (Wildman–Crippen LogP) is 3.71. The summed E-state index contributed by atoms with van der Waals surface area (Å²) >= 11 is 0. The molecule has 0 amide bonds. The Labute approximate surface area is 165 Å². The minimum Gasteiger partial charge on any atom is -0.502 e. The van der Waals surface area contributed by atoms with Gasteiger partial charge >= 0.3 is 35.6 Å². The van der Waals surface area contributed by atoms with Gasteiger partial charge < -0.3 is 18.9 Å². The lowest BCUT2D eigenvalue weighted by molar-refractivity contribution is -0.354. The van der Waals surface area contributed by atoms with Crippen LogP contribution >= 0.6 is 0 Å². The fraction of sp³-hybridized carbons (Fsp3) is 0.625. The van der Waals surface area contributed by atoms with Crippen LogP contribution in [0.2, 0.25) is 0 Å². The van der Waals surface area contributed by atoms with Crippen LogP contribution in [-0.4, -0.2) is 62.1 Å². The van der Waals surface area contributed by atoms with Crippen molar-refractivity contribution < 1.29 is 63.7 Å². The van der Waals surface area contributed by atoms with Crippen LogP contribution < -0.4 is 0 Å². The molecule has 0 spiro atoms. The van der Waals surface area contributed by atoms with E-state index in [0.717, 1.165) is 12.5 Å². The summed E-state index contributed by atoms with van der Waals surface area (Å²) in [6, 6.07) is 0. The van der Waals surface area contributed by atoms with Crippen LogP contribution in [0, 0.1) is 0 Å². The van der Waals surface area contributed by atoms with Crippen molar-refractivity contribution in [1.82, 2.24) is 0 Å². The van der Waals surface area contributed by atoms with E-state index in [1.807, 2.05) is 0 Å². The normalized spacial score (nSPS) is 12.7. The SMILES string of the molecule is C=COCCCCOC(=O)C(F)(F)C(F)(F)C(F)(F)C(F)(F)C(=O)OCCOC=C. The van der Waals surface area contributed by atoms with Gasteiger partial charge in [0.2, 0.25) is 0 Å². The lowest BCUT2D eigenvalue weighted by Gasteiger charge is -2.34. The standard InChI is InChI=1S/C16H18F8O6/c1-3-27-7-5-6-8-29-11(25)13(17,18)15(21,22)16(23,24)14(19,20)12(26)30-10-9-28-4-2/h3-4H,1-2,5-10H2. The number of carbonyl (C=O) groups excluding carboxylic acids is 2. The highest BCUT2D eigenvalue weighted by Crippen LogP contribution is 2.53. The van der Waals surface area contributed by atoms with E-state index in [1.165, 1.54) is 0 Å². The minimum atomic E-state index is -7.02. The van der Waals surface area contributed by atoms with E-state index in [1.54, 1.807) is 0 Å². The van der Waals surface area contributed by atoms with Gasteiger partial charge in [0.05, 0.1) is 25.7 Å². The summed E-state index contributed by atoms with van der Waals surface area (Å²) < 4.78 is 125. The first-order valence-corrected chi connectivity index (χ1v) is 8.02. The van der Waals surface area contributed by atoms with Crippen LogP contribution in [0.5, 0.6) is 0 Å². The maximum Gasteiger partial charge on any atom is 0.411 e. The first kappa shape index (κ1) is 27.5. The van der Waals surface area contributed by atoms with Crippen LogP contribution in [0.3, 0.4) is 0 Å². The van der Waals surface area contributed by atoms with Gasteiger partial charge in [-0.05, 0) is 12.8 Å². The van der Waals surface area contributed by atoms with Crippen LogP contribution in [0.1, 0.15) is 12.8 Å². The fourth-order valence-corrected chi connectivity index (χ4v) is 1.63. The number of ether oxygens (including phenoxy) is 4. The van der Waals surface area contributed by atoms with Crippen LogP contribution in [0.15, 0.2) is 25.7 Å². The summed E-state index contributed by atoms with van der Waals surface area (Å²) in [5.74, 6) is -33.3. The van der Waals surface area contributed by atoms with Gasteiger partial charge in [-0.1, -0.05) is 13.2 Å². The third-order valence-electron chi connectivity index (χ3n) is 3.26. The predicted molar refractivity (Wildman–Crippen MR) is 83.2 cm³/mol. The van der Waals surface area contributed by atoms with Crippen molar-refractivity contribution in [1.29, 1.82) is 0 Å². The molecule has 0 radical (unpaired) electrons. The largest absolute Gasteiger partial charge is 0.502 e. The number of alkyl halides is 8. The monoisotopic (exact) mass is 458 g/mol. The average molecular weight is 458 g/mol. The quantitative estimate of drug-likeness (QED) is 0.161. The Morgan fingerprint density at radius 2 is 1.00 bits per heavy atom. The van der Waals surface area contributed by atoms with Crippen molar-refractivity contribution in [3.63, 3.8) is 0 Å². The molecular weight excluding hydrogens is 440 g/mol. The Kier molecular flexibility index (Phi) is 10.1. The molecule has 0 bridgehead atoms. The molecule has 14 heteroatoms. The highest BCUT2D eigenvalue weighted by molar-refractivity contribution is 5.82. The molecule has 0 aromatic rings. The van der Waals surface area contributed by atoms with E-state index in [2.05, 4.69) is 32.1 Å². The molecule has 0 aliphatic heterocycles.